The van der Waals surface area contributed by atoms with Gasteiger partial charge in [0.05, 0.1) is 0 Å². The molecule has 2 bridgehead atoms. The van der Waals surface area contributed by atoms with E-state index in [1.54, 1.807) is 0 Å². The zero-order valence-corrected chi connectivity index (χ0v) is 13.1. The van der Waals surface area contributed by atoms with E-state index in [-0.39, 0.29) is 12.5 Å². The Bertz CT molecular complexity index is 569. The monoisotopic (exact) mass is 299 g/mol. The van der Waals surface area contributed by atoms with Crippen molar-refractivity contribution in [3.63, 3.8) is 0 Å². The molecule has 0 aromatic heterocycles. The lowest BCUT2D eigenvalue weighted by molar-refractivity contribution is -0.124. The van der Waals surface area contributed by atoms with Gasteiger partial charge in [-0.3, -0.25) is 4.79 Å². The number of hydrogen-bond acceptors (Lipinski definition) is 2. The average Bonchev–Trinajstić information content (AvgIpc) is 3.15. The molecule has 1 amide bonds. The van der Waals surface area contributed by atoms with Crippen LogP contribution in [0.1, 0.15) is 49.7 Å². The molecule has 0 saturated heterocycles. The highest BCUT2D eigenvalue weighted by molar-refractivity contribution is 5.78. The van der Waals surface area contributed by atoms with Crippen LogP contribution in [0.2, 0.25) is 0 Å². The predicted molar refractivity (Wildman–Crippen MR) is 86.0 cm³/mol. The fourth-order valence-corrected chi connectivity index (χ4v) is 4.69. The maximum absolute atomic E-state index is 12.2. The van der Waals surface area contributed by atoms with Crippen LogP contribution in [-0.2, 0) is 17.6 Å². The van der Waals surface area contributed by atoms with E-state index in [0.29, 0.717) is 6.04 Å². The zero-order valence-electron chi connectivity index (χ0n) is 13.1. The SMILES string of the molecule is O=C(COc1cccc2c1CCCC2)N[C@@H]1C[C@H]2CC[C@@H]1C2. The van der Waals surface area contributed by atoms with Crippen LogP contribution in [0.4, 0.5) is 0 Å². The van der Waals surface area contributed by atoms with Gasteiger partial charge in [-0.15, -0.1) is 0 Å². The summed E-state index contributed by atoms with van der Waals surface area (Å²) in [6.07, 6.45) is 9.87. The fourth-order valence-electron chi connectivity index (χ4n) is 4.69. The first-order valence-corrected chi connectivity index (χ1v) is 8.82. The molecule has 2 fully saturated rings. The smallest absolute Gasteiger partial charge is 0.258 e. The minimum atomic E-state index is 0.0472. The van der Waals surface area contributed by atoms with Crippen molar-refractivity contribution in [1.82, 2.24) is 5.32 Å². The molecule has 4 rings (SSSR count). The van der Waals surface area contributed by atoms with Gasteiger partial charge in [0, 0.05) is 6.04 Å². The van der Waals surface area contributed by atoms with E-state index in [4.69, 9.17) is 4.74 Å². The second-order valence-corrected chi connectivity index (χ2v) is 7.24. The van der Waals surface area contributed by atoms with Crippen LogP contribution in [0.3, 0.4) is 0 Å². The van der Waals surface area contributed by atoms with Crippen LogP contribution in [-0.4, -0.2) is 18.6 Å². The molecule has 3 atom stereocenters. The highest BCUT2D eigenvalue weighted by Gasteiger charge is 2.40. The van der Waals surface area contributed by atoms with Gasteiger partial charge in [-0.2, -0.15) is 0 Å². The summed E-state index contributed by atoms with van der Waals surface area (Å²) in [5.74, 6) is 2.54. The number of aryl methyl sites for hydroxylation is 1. The van der Waals surface area contributed by atoms with E-state index in [1.807, 2.05) is 12.1 Å². The first kappa shape index (κ1) is 14.1. The molecular formula is C19H25NO2. The lowest BCUT2D eigenvalue weighted by Crippen LogP contribution is -2.41. The molecular weight excluding hydrogens is 274 g/mol. The highest BCUT2D eigenvalue weighted by Crippen LogP contribution is 2.44. The topological polar surface area (TPSA) is 38.3 Å². The van der Waals surface area contributed by atoms with Crippen LogP contribution < -0.4 is 10.1 Å². The Morgan fingerprint density at radius 3 is 2.91 bits per heavy atom. The summed E-state index contributed by atoms with van der Waals surface area (Å²) in [5, 5.41) is 3.20. The van der Waals surface area contributed by atoms with Crippen molar-refractivity contribution in [2.45, 2.75) is 57.4 Å². The van der Waals surface area contributed by atoms with Crippen LogP contribution in [0, 0.1) is 11.8 Å². The molecule has 1 N–H and O–H groups in total. The minimum Gasteiger partial charge on any atom is -0.483 e. The van der Waals surface area contributed by atoms with Crippen molar-refractivity contribution in [1.29, 1.82) is 0 Å². The Hall–Kier alpha value is -1.51. The number of ether oxygens (including phenoxy) is 1. The third-order valence-corrected chi connectivity index (χ3v) is 5.80. The third-order valence-electron chi connectivity index (χ3n) is 5.80. The molecule has 3 aliphatic carbocycles. The van der Waals surface area contributed by atoms with Gasteiger partial charge in [-0.1, -0.05) is 18.6 Å². The molecule has 22 heavy (non-hydrogen) atoms. The highest BCUT2D eigenvalue weighted by atomic mass is 16.5. The third kappa shape index (κ3) is 2.73. The van der Waals surface area contributed by atoms with Gasteiger partial charge in [0.15, 0.2) is 6.61 Å². The zero-order chi connectivity index (χ0) is 14.9. The lowest BCUT2D eigenvalue weighted by atomic mass is 9.91. The summed E-state index contributed by atoms with van der Waals surface area (Å²) >= 11 is 0. The van der Waals surface area contributed by atoms with Crippen LogP contribution in [0.25, 0.3) is 0 Å². The van der Waals surface area contributed by atoms with E-state index in [0.717, 1.165) is 30.4 Å². The number of hydrogen-bond donors (Lipinski definition) is 1. The molecule has 3 aliphatic rings. The molecule has 0 radical (unpaired) electrons. The summed E-state index contributed by atoms with van der Waals surface area (Å²) in [5.41, 5.74) is 2.72. The van der Waals surface area contributed by atoms with Crippen LogP contribution in [0.15, 0.2) is 18.2 Å². The Kier molecular flexibility index (Phi) is 3.81. The van der Waals surface area contributed by atoms with Crippen molar-refractivity contribution in [2.75, 3.05) is 6.61 Å². The molecule has 0 spiro atoms. The molecule has 0 aliphatic heterocycles. The minimum absolute atomic E-state index is 0.0472. The summed E-state index contributed by atoms with van der Waals surface area (Å²) in [6, 6.07) is 6.65. The standard InChI is InChI=1S/C19H25NO2/c21-19(20-17-11-13-8-9-15(17)10-13)12-22-18-7-3-5-14-4-1-2-6-16(14)18/h3,5,7,13,15,17H,1-2,4,6,8-12H2,(H,20,21)/t13-,15+,17+/m0/s1. The first-order valence-electron chi connectivity index (χ1n) is 8.82. The van der Waals surface area contributed by atoms with Gasteiger partial charge in [0.25, 0.3) is 5.91 Å². The van der Waals surface area contributed by atoms with Crippen molar-refractivity contribution in [3.8, 4) is 5.75 Å². The second-order valence-electron chi connectivity index (χ2n) is 7.24. The molecule has 2 saturated carbocycles. The molecule has 3 nitrogen and oxygen atoms in total. The molecule has 1 aromatic rings. The molecule has 0 unspecified atom stereocenters. The number of fused-ring (bicyclic) bond motifs is 3. The Balaban J connectivity index is 1.34. The van der Waals surface area contributed by atoms with Crippen LogP contribution in [0.5, 0.6) is 5.75 Å². The molecule has 1 aromatic carbocycles. The Morgan fingerprint density at radius 1 is 1.18 bits per heavy atom. The maximum Gasteiger partial charge on any atom is 0.258 e. The average molecular weight is 299 g/mol. The molecule has 0 heterocycles. The van der Waals surface area contributed by atoms with E-state index in [1.165, 1.54) is 49.7 Å². The Morgan fingerprint density at radius 2 is 2.09 bits per heavy atom. The summed E-state index contributed by atoms with van der Waals surface area (Å²) < 4.78 is 5.84. The number of rotatable bonds is 4. The van der Waals surface area contributed by atoms with E-state index in [2.05, 4.69) is 11.4 Å². The number of amides is 1. The van der Waals surface area contributed by atoms with E-state index >= 15 is 0 Å². The van der Waals surface area contributed by atoms with Gasteiger partial charge in [-0.25, -0.2) is 0 Å². The largest absolute Gasteiger partial charge is 0.483 e. The normalized spacial score (nSPS) is 29.2. The van der Waals surface area contributed by atoms with Gasteiger partial charge in [0.2, 0.25) is 0 Å². The number of carbonyl (C=O) groups excluding carboxylic acids is 1. The van der Waals surface area contributed by atoms with Crippen molar-refractivity contribution in [3.05, 3.63) is 29.3 Å². The fraction of sp³-hybridized carbons (Fsp3) is 0.632. The lowest BCUT2D eigenvalue weighted by Gasteiger charge is -2.23. The van der Waals surface area contributed by atoms with E-state index in [9.17, 15) is 4.79 Å². The van der Waals surface area contributed by atoms with Gasteiger partial charge in [-0.05, 0) is 74.0 Å². The van der Waals surface area contributed by atoms with Crippen molar-refractivity contribution < 1.29 is 9.53 Å². The van der Waals surface area contributed by atoms with Gasteiger partial charge in [0.1, 0.15) is 5.75 Å². The van der Waals surface area contributed by atoms with Gasteiger partial charge >= 0.3 is 0 Å². The first-order chi connectivity index (χ1) is 10.8. The quantitative estimate of drug-likeness (QED) is 0.927. The summed E-state index contributed by atoms with van der Waals surface area (Å²) in [4.78, 5) is 12.2. The predicted octanol–water partition coefficient (Wildman–Crippen LogP) is 3.25. The molecule has 3 heteroatoms. The van der Waals surface area contributed by atoms with Crippen molar-refractivity contribution >= 4 is 5.91 Å². The van der Waals surface area contributed by atoms with Gasteiger partial charge < -0.3 is 10.1 Å². The second kappa shape index (κ2) is 5.94. The van der Waals surface area contributed by atoms with Crippen LogP contribution >= 0.6 is 0 Å². The summed E-state index contributed by atoms with van der Waals surface area (Å²) in [6.45, 7) is 0.157. The van der Waals surface area contributed by atoms with E-state index < -0.39 is 0 Å². The molecule has 118 valence electrons. The number of benzene rings is 1. The summed E-state index contributed by atoms with van der Waals surface area (Å²) in [7, 11) is 0. The maximum atomic E-state index is 12.2. The van der Waals surface area contributed by atoms with Crippen molar-refractivity contribution in [2.24, 2.45) is 11.8 Å². The number of nitrogens with one attached hydrogen (secondary N) is 1. The Labute approximate surface area is 132 Å². The number of carbonyl (C=O) groups is 1.